The van der Waals surface area contributed by atoms with Crippen molar-refractivity contribution in [3.8, 4) is 5.75 Å². The highest BCUT2D eigenvalue weighted by molar-refractivity contribution is 5.26. The van der Waals surface area contributed by atoms with Gasteiger partial charge in [-0.3, -0.25) is 0 Å². The standard InChI is InChI=1S/C18H23NO2/c1-14(7-8-15-9-11-17(20)12-10-15)19-13-18(21)16-5-3-2-4-6-16/h2-6,9-12,14,18-21H,7-8,13H2,1H3. The molecule has 2 atom stereocenters. The molecule has 2 aromatic rings. The number of aliphatic hydroxyl groups excluding tert-OH is 1. The van der Waals surface area contributed by atoms with E-state index in [1.165, 1.54) is 5.56 Å². The molecule has 0 bridgehead atoms. The Kier molecular flexibility index (Phi) is 5.78. The molecule has 2 unspecified atom stereocenters. The van der Waals surface area contributed by atoms with Gasteiger partial charge in [-0.15, -0.1) is 0 Å². The first kappa shape index (κ1) is 15.5. The highest BCUT2D eigenvalue weighted by atomic mass is 16.3. The molecule has 0 saturated heterocycles. The molecular weight excluding hydrogens is 262 g/mol. The van der Waals surface area contributed by atoms with E-state index in [0.717, 1.165) is 18.4 Å². The number of rotatable bonds is 7. The average molecular weight is 285 g/mol. The van der Waals surface area contributed by atoms with E-state index in [1.807, 2.05) is 42.5 Å². The van der Waals surface area contributed by atoms with Crippen LogP contribution in [0.3, 0.4) is 0 Å². The van der Waals surface area contributed by atoms with Crippen molar-refractivity contribution >= 4 is 0 Å². The Morgan fingerprint density at radius 2 is 1.67 bits per heavy atom. The lowest BCUT2D eigenvalue weighted by Gasteiger charge is -2.17. The van der Waals surface area contributed by atoms with Gasteiger partial charge in [0.2, 0.25) is 0 Å². The fraction of sp³-hybridized carbons (Fsp3) is 0.333. The molecule has 3 nitrogen and oxygen atoms in total. The van der Waals surface area contributed by atoms with Gasteiger partial charge in [-0.05, 0) is 43.0 Å². The molecule has 3 N–H and O–H groups in total. The van der Waals surface area contributed by atoms with Crippen LogP contribution in [0.15, 0.2) is 54.6 Å². The van der Waals surface area contributed by atoms with E-state index >= 15 is 0 Å². The maximum absolute atomic E-state index is 10.1. The van der Waals surface area contributed by atoms with Crippen molar-refractivity contribution in [3.63, 3.8) is 0 Å². The minimum absolute atomic E-state index is 0.302. The van der Waals surface area contributed by atoms with E-state index in [-0.39, 0.29) is 0 Å². The minimum Gasteiger partial charge on any atom is -0.508 e. The van der Waals surface area contributed by atoms with E-state index in [1.54, 1.807) is 12.1 Å². The molecule has 0 spiro atoms. The molecule has 0 aliphatic carbocycles. The van der Waals surface area contributed by atoms with E-state index in [9.17, 15) is 10.2 Å². The molecule has 0 aliphatic rings. The summed E-state index contributed by atoms with van der Waals surface area (Å²) in [6, 6.07) is 17.3. The summed E-state index contributed by atoms with van der Waals surface area (Å²) >= 11 is 0. The molecule has 0 amide bonds. The van der Waals surface area contributed by atoms with Crippen molar-refractivity contribution in [3.05, 3.63) is 65.7 Å². The number of phenols is 1. The van der Waals surface area contributed by atoms with Crippen molar-refractivity contribution < 1.29 is 10.2 Å². The van der Waals surface area contributed by atoms with Crippen LogP contribution in [0.4, 0.5) is 0 Å². The number of phenolic OH excluding ortho intramolecular Hbond substituents is 1. The van der Waals surface area contributed by atoms with Crippen molar-refractivity contribution in [2.75, 3.05) is 6.54 Å². The van der Waals surface area contributed by atoms with Gasteiger partial charge < -0.3 is 15.5 Å². The Balaban J connectivity index is 1.72. The summed E-state index contributed by atoms with van der Waals surface area (Å²) in [6.45, 7) is 2.68. The first-order valence-electron chi connectivity index (χ1n) is 7.39. The van der Waals surface area contributed by atoms with Crippen LogP contribution in [-0.2, 0) is 6.42 Å². The molecule has 0 aliphatic heterocycles. The van der Waals surface area contributed by atoms with Crippen LogP contribution in [0.2, 0.25) is 0 Å². The molecule has 21 heavy (non-hydrogen) atoms. The topological polar surface area (TPSA) is 52.5 Å². The predicted molar refractivity (Wildman–Crippen MR) is 85.3 cm³/mol. The summed E-state index contributed by atoms with van der Waals surface area (Å²) in [5.74, 6) is 0.302. The summed E-state index contributed by atoms with van der Waals surface area (Å²) < 4.78 is 0. The quantitative estimate of drug-likeness (QED) is 0.733. The first-order valence-corrected chi connectivity index (χ1v) is 7.39. The molecule has 2 aromatic carbocycles. The predicted octanol–water partition coefficient (Wildman–Crippen LogP) is 3.04. The van der Waals surface area contributed by atoms with Crippen LogP contribution < -0.4 is 5.32 Å². The van der Waals surface area contributed by atoms with Crippen molar-refractivity contribution in [1.82, 2.24) is 5.32 Å². The normalized spacial score (nSPS) is 13.8. The molecular formula is C18H23NO2. The summed E-state index contributed by atoms with van der Waals surface area (Å²) in [7, 11) is 0. The van der Waals surface area contributed by atoms with Gasteiger partial charge in [0, 0.05) is 12.6 Å². The summed E-state index contributed by atoms with van der Waals surface area (Å²) in [5, 5.41) is 22.7. The van der Waals surface area contributed by atoms with E-state index in [4.69, 9.17) is 0 Å². The van der Waals surface area contributed by atoms with E-state index in [0.29, 0.717) is 18.3 Å². The lowest BCUT2D eigenvalue weighted by atomic mass is 10.1. The van der Waals surface area contributed by atoms with Gasteiger partial charge in [-0.1, -0.05) is 42.5 Å². The summed E-state index contributed by atoms with van der Waals surface area (Å²) in [4.78, 5) is 0. The van der Waals surface area contributed by atoms with E-state index in [2.05, 4.69) is 12.2 Å². The fourth-order valence-corrected chi connectivity index (χ4v) is 2.25. The van der Waals surface area contributed by atoms with Gasteiger partial charge >= 0.3 is 0 Å². The van der Waals surface area contributed by atoms with Crippen molar-refractivity contribution in [2.24, 2.45) is 0 Å². The Labute approximate surface area is 126 Å². The monoisotopic (exact) mass is 285 g/mol. The smallest absolute Gasteiger partial charge is 0.115 e. The second-order valence-electron chi connectivity index (χ2n) is 5.44. The van der Waals surface area contributed by atoms with Crippen molar-refractivity contribution in [1.29, 1.82) is 0 Å². The zero-order chi connectivity index (χ0) is 15.1. The molecule has 2 rings (SSSR count). The van der Waals surface area contributed by atoms with Gasteiger partial charge in [0.15, 0.2) is 0 Å². The number of hydrogen-bond donors (Lipinski definition) is 3. The number of nitrogens with one attached hydrogen (secondary N) is 1. The Morgan fingerprint density at radius 1 is 1.00 bits per heavy atom. The number of hydrogen-bond acceptors (Lipinski definition) is 3. The number of aliphatic hydroxyl groups is 1. The molecule has 112 valence electrons. The second kappa shape index (κ2) is 7.81. The maximum atomic E-state index is 10.1. The molecule has 0 radical (unpaired) electrons. The number of aromatic hydroxyl groups is 1. The van der Waals surface area contributed by atoms with Crippen LogP contribution in [0, 0.1) is 0 Å². The van der Waals surface area contributed by atoms with Crippen LogP contribution in [-0.4, -0.2) is 22.8 Å². The largest absolute Gasteiger partial charge is 0.508 e. The highest BCUT2D eigenvalue weighted by Gasteiger charge is 2.09. The second-order valence-corrected chi connectivity index (χ2v) is 5.44. The molecule has 0 aromatic heterocycles. The molecule has 0 heterocycles. The molecule has 0 fully saturated rings. The number of aryl methyl sites for hydroxylation is 1. The Bertz CT molecular complexity index is 525. The Hall–Kier alpha value is -1.84. The highest BCUT2D eigenvalue weighted by Crippen LogP contribution is 2.13. The van der Waals surface area contributed by atoms with Crippen LogP contribution >= 0.6 is 0 Å². The first-order chi connectivity index (χ1) is 10.1. The van der Waals surface area contributed by atoms with Crippen molar-refractivity contribution in [2.45, 2.75) is 31.9 Å². The van der Waals surface area contributed by atoms with Crippen LogP contribution in [0.1, 0.15) is 30.6 Å². The molecule has 3 heteroatoms. The van der Waals surface area contributed by atoms with Gasteiger partial charge in [0.05, 0.1) is 6.10 Å². The van der Waals surface area contributed by atoms with Gasteiger partial charge in [0.1, 0.15) is 5.75 Å². The van der Waals surface area contributed by atoms with Gasteiger partial charge in [-0.25, -0.2) is 0 Å². The third-order valence-electron chi connectivity index (χ3n) is 3.65. The zero-order valence-corrected chi connectivity index (χ0v) is 12.4. The van der Waals surface area contributed by atoms with Gasteiger partial charge in [-0.2, -0.15) is 0 Å². The fourth-order valence-electron chi connectivity index (χ4n) is 2.25. The third-order valence-corrected chi connectivity index (χ3v) is 3.65. The SMILES string of the molecule is CC(CCc1ccc(O)cc1)NCC(O)c1ccccc1. The molecule has 0 saturated carbocycles. The van der Waals surface area contributed by atoms with E-state index < -0.39 is 6.10 Å². The van der Waals surface area contributed by atoms with Crippen LogP contribution in [0.5, 0.6) is 5.75 Å². The zero-order valence-electron chi connectivity index (χ0n) is 12.4. The maximum Gasteiger partial charge on any atom is 0.115 e. The Morgan fingerprint density at radius 3 is 2.33 bits per heavy atom. The number of benzene rings is 2. The lowest BCUT2D eigenvalue weighted by molar-refractivity contribution is 0.170. The lowest BCUT2D eigenvalue weighted by Crippen LogP contribution is -2.30. The average Bonchev–Trinajstić information content (AvgIpc) is 2.53. The summed E-state index contributed by atoms with van der Waals surface area (Å²) in [5.41, 5.74) is 2.15. The minimum atomic E-state index is -0.470. The summed E-state index contributed by atoms with van der Waals surface area (Å²) in [6.07, 6.45) is 1.48. The van der Waals surface area contributed by atoms with Crippen LogP contribution in [0.25, 0.3) is 0 Å². The third kappa shape index (κ3) is 5.21. The van der Waals surface area contributed by atoms with Gasteiger partial charge in [0.25, 0.3) is 0 Å².